The molecular formula is C61H42N2. The Morgan fingerprint density at radius 2 is 1.14 bits per heavy atom. The average Bonchev–Trinajstić information content (AvgIpc) is 3.78. The van der Waals surface area contributed by atoms with E-state index in [2.05, 4.69) is 218 Å². The van der Waals surface area contributed by atoms with Crippen molar-refractivity contribution in [3.8, 4) is 22.3 Å². The van der Waals surface area contributed by atoms with Crippen LogP contribution < -0.4 is 0 Å². The first-order valence-corrected chi connectivity index (χ1v) is 22.3. The Morgan fingerprint density at radius 3 is 1.98 bits per heavy atom. The molecule has 0 N–H and O–H groups in total. The normalized spacial score (nSPS) is 14.6. The fourth-order valence-electron chi connectivity index (χ4n) is 11.0. The summed E-state index contributed by atoms with van der Waals surface area (Å²) in [6.45, 7) is 2.31. The largest absolute Gasteiger partial charge is 0.293 e. The van der Waals surface area contributed by atoms with Crippen LogP contribution in [-0.2, 0) is 6.42 Å². The molecule has 0 fully saturated rings. The van der Waals surface area contributed by atoms with E-state index in [4.69, 9.17) is 4.99 Å². The molecule has 0 saturated heterocycles. The summed E-state index contributed by atoms with van der Waals surface area (Å²) in [4.78, 5) is 5.82. The Hall–Kier alpha value is -7.81. The first kappa shape index (κ1) is 35.9. The summed E-state index contributed by atoms with van der Waals surface area (Å²) in [5.74, 6) is 1.08. The second-order valence-electron chi connectivity index (χ2n) is 17.2. The van der Waals surface area contributed by atoms with Crippen molar-refractivity contribution in [3.05, 3.63) is 240 Å². The molecule has 1 atom stereocenters. The van der Waals surface area contributed by atoms with E-state index in [-0.39, 0.29) is 5.92 Å². The molecule has 0 spiro atoms. The molecule has 1 unspecified atom stereocenters. The van der Waals surface area contributed by atoms with E-state index < -0.39 is 0 Å². The molecule has 0 saturated carbocycles. The second kappa shape index (κ2) is 14.1. The smallest absolute Gasteiger partial charge is 0.146 e. The minimum atomic E-state index is 0.109. The second-order valence-corrected chi connectivity index (χ2v) is 17.2. The zero-order valence-electron chi connectivity index (χ0n) is 35.0. The highest BCUT2D eigenvalue weighted by molar-refractivity contribution is 6.34. The van der Waals surface area contributed by atoms with Gasteiger partial charge in [0, 0.05) is 22.3 Å². The van der Waals surface area contributed by atoms with Gasteiger partial charge in [-0.15, -0.1) is 0 Å². The zero-order chi connectivity index (χ0) is 41.6. The van der Waals surface area contributed by atoms with E-state index in [1.165, 1.54) is 104 Å². The average molecular weight is 803 g/mol. The van der Waals surface area contributed by atoms with E-state index in [0.29, 0.717) is 0 Å². The van der Waals surface area contributed by atoms with Crippen molar-refractivity contribution < 1.29 is 0 Å². The molecule has 0 amide bonds. The summed E-state index contributed by atoms with van der Waals surface area (Å²) in [6.07, 6.45) is 1.74. The third-order valence-corrected chi connectivity index (χ3v) is 13.9. The molecule has 63 heavy (non-hydrogen) atoms. The number of rotatable bonds is 4. The summed E-state index contributed by atoms with van der Waals surface area (Å²) in [6, 6.07) is 76.6. The number of hydrogen-bond donors (Lipinski definition) is 0. The van der Waals surface area contributed by atoms with E-state index in [9.17, 15) is 0 Å². The van der Waals surface area contributed by atoms with Gasteiger partial charge in [0.2, 0.25) is 0 Å². The number of aliphatic imine (C=N–C) groups is 1. The third kappa shape index (κ3) is 5.48. The van der Waals surface area contributed by atoms with Crippen LogP contribution in [-0.4, -0.2) is 10.4 Å². The van der Waals surface area contributed by atoms with Gasteiger partial charge in [0.05, 0.1) is 16.7 Å². The van der Waals surface area contributed by atoms with Gasteiger partial charge in [-0.05, 0) is 132 Å². The van der Waals surface area contributed by atoms with Crippen LogP contribution in [0.4, 0.5) is 5.69 Å². The highest BCUT2D eigenvalue weighted by Gasteiger charge is 2.32. The number of hydrogen-bond acceptors (Lipinski definition) is 1. The van der Waals surface area contributed by atoms with Crippen LogP contribution in [0.2, 0.25) is 0 Å². The summed E-state index contributed by atoms with van der Waals surface area (Å²) in [5, 5.41) is 10.0. The number of aromatic nitrogens is 1. The number of fused-ring (bicyclic) bond motifs is 11. The van der Waals surface area contributed by atoms with Crippen LogP contribution in [0.1, 0.15) is 47.1 Å². The summed E-state index contributed by atoms with van der Waals surface area (Å²) < 4.78 is 2.50. The quantitative estimate of drug-likeness (QED) is 0.169. The predicted octanol–water partition coefficient (Wildman–Crippen LogP) is 16.1. The molecule has 2 heteroatoms. The Kier molecular flexibility index (Phi) is 8.05. The molecule has 13 rings (SSSR count). The third-order valence-electron chi connectivity index (χ3n) is 13.9. The van der Waals surface area contributed by atoms with Crippen molar-refractivity contribution in [1.29, 1.82) is 0 Å². The van der Waals surface area contributed by atoms with Crippen molar-refractivity contribution in [2.24, 2.45) is 4.99 Å². The fourth-order valence-corrected chi connectivity index (χ4v) is 11.0. The molecule has 11 aromatic rings. The molecule has 2 nitrogen and oxygen atoms in total. The maximum Gasteiger partial charge on any atom is 0.146 e. The highest BCUT2D eigenvalue weighted by atomic mass is 15.1. The maximum absolute atomic E-state index is 5.82. The highest BCUT2D eigenvalue weighted by Crippen LogP contribution is 2.51. The van der Waals surface area contributed by atoms with Crippen molar-refractivity contribution in [2.45, 2.75) is 25.7 Å². The lowest BCUT2D eigenvalue weighted by atomic mass is 9.87. The van der Waals surface area contributed by atoms with Gasteiger partial charge in [-0.1, -0.05) is 182 Å². The maximum atomic E-state index is 5.82. The van der Waals surface area contributed by atoms with E-state index in [0.717, 1.165) is 35.4 Å². The van der Waals surface area contributed by atoms with Crippen molar-refractivity contribution in [1.82, 2.24) is 4.57 Å². The SMILES string of the molecule is CCC1=C(c2ccc(-c3ccccc3)c3ccccc23)C(n2c3ccc(C4c5ccccc5-c5cc6ccccc6cc54)cc3c3c4ccccc4ccc32)=Nc2ccccc2C1. The molecular weight excluding hydrogens is 761 g/mol. The van der Waals surface area contributed by atoms with E-state index >= 15 is 0 Å². The van der Waals surface area contributed by atoms with E-state index in [1.807, 2.05) is 0 Å². The summed E-state index contributed by atoms with van der Waals surface area (Å²) in [7, 11) is 0. The molecule has 0 bridgehead atoms. The topological polar surface area (TPSA) is 17.3 Å². The zero-order valence-corrected chi connectivity index (χ0v) is 35.0. The Bertz CT molecular complexity index is 3750. The number of benzene rings is 10. The molecule has 296 valence electrons. The van der Waals surface area contributed by atoms with Gasteiger partial charge in [-0.2, -0.15) is 0 Å². The molecule has 10 aromatic carbocycles. The minimum absolute atomic E-state index is 0.109. The molecule has 1 aliphatic heterocycles. The van der Waals surface area contributed by atoms with Gasteiger partial charge in [0.1, 0.15) is 5.84 Å². The fraction of sp³-hybridized carbons (Fsp3) is 0.0656. The van der Waals surface area contributed by atoms with Gasteiger partial charge < -0.3 is 0 Å². The molecule has 2 aliphatic rings. The molecule has 1 aliphatic carbocycles. The van der Waals surface area contributed by atoms with Crippen molar-refractivity contribution in [2.75, 3.05) is 0 Å². The lowest BCUT2D eigenvalue weighted by molar-refractivity contribution is 1.02. The van der Waals surface area contributed by atoms with Crippen molar-refractivity contribution in [3.63, 3.8) is 0 Å². The summed E-state index contributed by atoms with van der Waals surface area (Å²) in [5.41, 5.74) is 17.6. The first-order chi connectivity index (χ1) is 31.2. The molecule has 2 heterocycles. The lowest BCUT2D eigenvalue weighted by Crippen LogP contribution is -2.16. The first-order valence-electron chi connectivity index (χ1n) is 22.3. The van der Waals surface area contributed by atoms with Crippen LogP contribution in [0.5, 0.6) is 0 Å². The number of para-hydroxylation sites is 1. The Morgan fingerprint density at radius 1 is 0.476 bits per heavy atom. The van der Waals surface area contributed by atoms with Gasteiger partial charge in [0.25, 0.3) is 0 Å². The molecule has 0 radical (unpaired) electrons. The number of nitrogens with zero attached hydrogens (tertiary/aromatic N) is 2. The predicted molar refractivity (Wildman–Crippen MR) is 267 cm³/mol. The summed E-state index contributed by atoms with van der Waals surface area (Å²) >= 11 is 0. The van der Waals surface area contributed by atoms with Gasteiger partial charge in [-0.3, -0.25) is 4.57 Å². The number of allylic oxidation sites excluding steroid dienone is 2. The van der Waals surface area contributed by atoms with Crippen molar-refractivity contribution >= 4 is 71.2 Å². The Balaban J connectivity index is 1.11. The van der Waals surface area contributed by atoms with Gasteiger partial charge in [0.15, 0.2) is 0 Å². The Labute approximate surface area is 366 Å². The van der Waals surface area contributed by atoms with Crippen LogP contribution in [0.3, 0.4) is 0 Å². The van der Waals surface area contributed by atoms with Crippen LogP contribution in [0, 0.1) is 0 Å². The van der Waals surface area contributed by atoms with Crippen LogP contribution >= 0.6 is 0 Å². The minimum Gasteiger partial charge on any atom is -0.293 e. The standard InChI is InChI=1S/C61H42N2/c1-2-38-34-43-21-9-15-27-55(43)62-61(59(38)51-31-30-45(39-16-4-3-5-17-39)47-23-11-12-24-48(47)51)63-56-32-29-44(37-54(56)60-46-22-10-8-18-40(46)28-33-57(60)63)58-50-26-14-13-25-49(50)52-35-41-19-6-7-20-42(41)36-53(52)58/h3-33,35-37,58H,2,34H2,1H3. The lowest BCUT2D eigenvalue weighted by Gasteiger charge is -2.21. The van der Waals surface area contributed by atoms with Gasteiger partial charge in [-0.25, -0.2) is 4.99 Å². The van der Waals surface area contributed by atoms with Gasteiger partial charge >= 0.3 is 0 Å². The van der Waals surface area contributed by atoms with E-state index in [1.54, 1.807) is 0 Å². The van der Waals surface area contributed by atoms with Crippen LogP contribution in [0.25, 0.3) is 82.0 Å². The monoisotopic (exact) mass is 802 g/mol. The molecule has 1 aromatic heterocycles. The van der Waals surface area contributed by atoms with Crippen LogP contribution in [0.15, 0.2) is 217 Å².